The molecule has 0 aliphatic carbocycles. The van der Waals surface area contributed by atoms with Crippen LogP contribution in [0.1, 0.15) is 6.92 Å². The highest BCUT2D eigenvalue weighted by molar-refractivity contribution is 5.94. The predicted molar refractivity (Wildman–Crippen MR) is 110 cm³/mol. The van der Waals surface area contributed by atoms with Crippen molar-refractivity contribution in [3.05, 3.63) is 24.5 Å². The van der Waals surface area contributed by atoms with Gasteiger partial charge in [-0.15, -0.1) is 0 Å². The van der Waals surface area contributed by atoms with Crippen LogP contribution in [0.4, 0.5) is 11.6 Å². The van der Waals surface area contributed by atoms with Gasteiger partial charge in [-0.25, -0.2) is 9.97 Å². The molecule has 5 rings (SSSR count). The lowest BCUT2D eigenvalue weighted by Crippen LogP contribution is -2.27. The van der Waals surface area contributed by atoms with E-state index in [4.69, 9.17) is 14.7 Å². The minimum atomic E-state index is -0.160. The van der Waals surface area contributed by atoms with Gasteiger partial charge in [0.15, 0.2) is 5.65 Å². The topological polar surface area (TPSA) is 108 Å². The van der Waals surface area contributed by atoms with E-state index in [0.29, 0.717) is 34.9 Å². The van der Waals surface area contributed by atoms with Crippen LogP contribution in [0, 0.1) is 11.8 Å². The average Bonchev–Trinajstić information content (AvgIpc) is 3.42. The van der Waals surface area contributed by atoms with Crippen molar-refractivity contribution in [1.29, 1.82) is 0 Å². The number of nitrogens with one attached hydrogen (secondary N) is 3. The first kappa shape index (κ1) is 17.9. The van der Waals surface area contributed by atoms with Crippen molar-refractivity contribution in [1.82, 2.24) is 25.3 Å². The maximum atomic E-state index is 11.6. The largest absolute Gasteiger partial charge is 0.495 e. The van der Waals surface area contributed by atoms with E-state index in [1.165, 1.54) is 6.92 Å². The Bertz CT molecular complexity index is 1070. The van der Waals surface area contributed by atoms with Crippen LogP contribution in [-0.4, -0.2) is 59.1 Å². The summed E-state index contributed by atoms with van der Waals surface area (Å²) >= 11 is 0. The summed E-state index contributed by atoms with van der Waals surface area (Å²) in [7, 11) is 1.58. The van der Waals surface area contributed by atoms with Crippen LogP contribution in [0.3, 0.4) is 0 Å². The van der Waals surface area contributed by atoms with Crippen LogP contribution < -0.4 is 20.3 Å². The number of hydrogen-bond acceptors (Lipinski definition) is 7. The number of hydrogen-bond donors (Lipinski definition) is 3. The highest BCUT2D eigenvalue weighted by Crippen LogP contribution is 2.35. The molecule has 150 valence electrons. The molecule has 29 heavy (non-hydrogen) atoms. The number of amides is 1. The van der Waals surface area contributed by atoms with E-state index in [2.05, 4.69) is 25.5 Å². The van der Waals surface area contributed by atoms with Crippen molar-refractivity contribution in [3.63, 3.8) is 0 Å². The molecule has 2 aliphatic rings. The van der Waals surface area contributed by atoms with E-state index in [0.717, 1.165) is 43.0 Å². The van der Waals surface area contributed by atoms with Crippen LogP contribution in [0.5, 0.6) is 5.75 Å². The fourth-order valence-electron chi connectivity index (χ4n) is 4.33. The molecular formula is C20H23N7O2. The van der Waals surface area contributed by atoms with Crippen LogP contribution in [0.2, 0.25) is 0 Å². The molecule has 9 nitrogen and oxygen atoms in total. The summed E-state index contributed by atoms with van der Waals surface area (Å²) in [6.45, 7) is 5.48. The number of methoxy groups -OCH3 is 1. The Hall–Kier alpha value is -3.20. The molecule has 0 saturated carbocycles. The molecular weight excluding hydrogens is 370 g/mol. The van der Waals surface area contributed by atoms with Crippen molar-refractivity contribution >= 4 is 28.7 Å². The van der Waals surface area contributed by atoms with E-state index >= 15 is 0 Å². The van der Waals surface area contributed by atoms with Crippen molar-refractivity contribution in [3.8, 4) is 17.0 Å². The number of aromatic nitrogens is 4. The summed E-state index contributed by atoms with van der Waals surface area (Å²) in [5.74, 6) is 2.42. The maximum absolute atomic E-state index is 11.6. The van der Waals surface area contributed by atoms with Gasteiger partial charge in [0.05, 0.1) is 19.1 Å². The number of ether oxygens (including phenoxy) is 1. The van der Waals surface area contributed by atoms with Crippen molar-refractivity contribution < 1.29 is 9.53 Å². The van der Waals surface area contributed by atoms with Crippen LogP contribution in [0.15, 0.2) is 24.5 Å². The molecule has 2 aliphatic heterocycles. The number of aromatic amines is 1. The van der Waals surface area contributed by atoms with Crippen LogP contribution >= 0.6 is 0 Å². The highest BCUT2D eigenvalue weighted by atomic mass is 16.5. The molecule has 2 fully saturated rings. The lowest BCUT2D eigenvalue weighted by molar-refractivity contribution is -0.114. The molecule has 4 heterocycles. The lowest BCUT2D eigenvalue weighted by Gasteiger charge is -2.18. The van der Waals surface area contributed by atoms with Gasteiger partial charge in [-0.1, -0.05) is 0 Å². The molecule has 2 saturated heterocycles. The van der Waals surface area contributed by atoms with Crippen molar-refractivity contribution in [2.45, 2.75) is 6.92 Å². The third-order valence-corrected chi connectivity index (χ3v) is 5.73. The minimum absolute atomic E-state index is 0.160. The quantitative estimate of drug-likeness (QED) is 0.618. The third-order valence-electron chi connectivity index (χ3n) is 5.73. The molecule has 2 aromatic heterocycles. The zero-order valence-electron chi connectivity index (χ0n) is 16.4. The minimum Gasteiger partial charge on any atom is -0.495 e. The van der Waals surface area contributed by atoms with Gasteiger partial charge in [-0.05, 0) is 30.0 Å². The molecule has 1 aromatic carbocycles. The number of fused-ring (bicyclic) bond motifs is 2. The van der Waals surface area contributed by atoms with Gasteiger partial charge in [-0.2, -0.15) is 4.98 Å². The summed E-state index contributed by atoms with van der Waals surface area (Å²) in [6.07, 6.45) is 1.63. The Morgan fingerprint density at radius 2 is 2.03 bits per heavy atom. The van der Waals surface area contributed by atoms with Gasteiger partial charge in [0.1, 0.15) is 17.0 Å². The fraction of sp³-hybridized carbons (Fsp3) is 0.400. The number of H-pyrrole nitrogens is 1. The number of rotatable bonds is 4. The second-order valence-corrected chi connectivity index (χ2v) is 7.65. The Balaban J connectivity index is 1.58. The summed E-state index contributed by atoms with van der Waals surface area (Å²) in [5, 5.41) is 6.28. The van der Waals surface area contributed by atoms with Gasteiger partial charge in [0.25, 0.3) is 0 Å². The van der Waals surface area contributed by atoms with Crippen LogP contribution in [0.25, 0.3) is 22.4 Å². The zero-order chi connectivity index (χ0) is 20.0. The molecule has 2 unspecified atom stereocenters. The van der Waals surface area contributed by atoms with Crippen molar-refractivity contribution in [2.24, 2.45) is 11.8 Å². The number of anilines is 2. The number of carbonyl (C=O) groups excluding carboxylic acids is 1. The normalized spacial score (nSPS) is 20.8. The standard InChI is InChI=1S/C20H23N7O2/c1-11(28)24-15-5-12(3-4-16(15)29-2)17-18-19(23-10-22-18)26-20(25-17)27-8-13-6-21-7-14(13)9-27/h3-5,10,13-14,21H,6-9H2,1-2H3,(H,24,28)(H,22,23,25,26). The maximum Gasteiger partial charge on any atom is 0.228 e. The Kier molecular flexibility index (Phi) is 4.31. The fourth-order valence-corrected chi connectivity index (χ4v) is 4.33. The molecule has 0 spiro atoms. The summed E-state index contributed by atoms with van der Waals surface area (Å²) in [5.41, 5.74) is 3.62. The van der Waals surface area contributed by atoms with E-state index in [1.807, 2.05) is 18.2 Å². The SMILES string of the molecule is COc1ccc(-c2nc(N3CC4CNCC4C3)nc3nc[nH]c23)cc1NC(C)=O. The van der Waals surface area contributed by atoms with E-state index in [1.54, 1.807) is 13.4 Å². The Labute approximate surface area is 167 Å². The Morgan fingerprint density at radius 1 is 1.24 bits per heavy atom. The second kappa shape index (κ2) is 7.00. The second-order valence-electron chi connectivity index (χ2n) is 7.65. The summed E-state index contributed by atoms with van der Waals surface area (Å²) in [6, 6.07) is 5.63. The monoisotopic (exact) mass is 393 g/mol. The van der Waals surface area contributed by atoms with Gasteiger partial charge in [0, 0.05) is 38.7 Å². The molecule has 0 radical (unpaired) electrons. The summed E-state index contributed by atoms with van der Waals surface area (Å²) in [4.78, 5) is 31.0. The average molecular weight is 393 g/mol. The van der Waals surface area contributed by atoms with Gasteiger partial charge in [-0.3, -0.25) is 4.79 Å². The molecule has 1 amide bonds. The summed E-state index contributed by atoms with van der Waals surface area (Å²) < 4.78 is 5.38. The van der Waals surface area contributed by atoms with E-state index in [-0.39, 0.29) is 5.91 Å². The molecule has 0 bridgehead atoms. The number of carbonyl (C=O) groups is 1. The van der Waals surface area contributed by atoms with E-state index < -0.39 is 0 Å². The number of imidazole rings is 1. The van der Waals surface area contributed by atoms with Gasteiger partial charge in [0.2, 0.25) is 11.9 Å². The van der Waals surface area contributed by atoms with Crippen molar-refractivity contribution in [2.75, 3.05) is 43.5 Å². The number of nitrogens with zero attached hydrogens (tertiary/aromatic N) is 4. The molecule has 3 N–H and O–H groups in total. The molecule has 3 aromatic rings. The molecule has 9 heteroatoms. The zero-order valence-corrected chi connectivity index (χ0v) is 16.4. The van der Waals surface area contributed by atoms with Gasteiger partial charge >= 0.3 is 0 Å². The van der Waals surface area contributed by atoms with Crippen LogP contribution in [-0.2, 0) is 4.79 Å². The first-order valence-corrected chi connectivity index (χ1v) is 9.75. The third kappa shape index (κ3) is 3.17. The van der Waals surface area contributed by atoms with E-state index in [9.17, 15) is 4.79 Å². The smallest absolute Gasteiger partial charge is 0.228 e. The highest BCUT2D eigenvalue weighted by Gasteiger charge is 2.37. The number of benzene rings is 1. The van der Waals surface area contributed by atoms with Gasteiger partial charge < -0.3 is 25.3 Å². The Morgan fingerprint density at radius 3 is 2.76 bits per heavy atom. The lowest BCUT2D eigenvalue weighted by atomic mass is 10.0. The predicted octanol–water partition coefficient (Wildman–Crippen LogP) is 1.64. The first-order chi connectivity index (χ1) is 14.1. The first-order valence-electron chi connectivity index (χ1n) is 9.75. The molecule has 2 atom stereocenters.